The van der Waals surface area contributed by atoms with Gasteiger partial charge in [0.1, 0.15) is 0 Å². The van der Waals surface area contributed by atoms with Crippen LogP contribution in [0.5, 0.6) is 0 Å². The van der Waals surface area contributed by atoms with Crippen molar-refractivity contribution in [2.45, 2.75) is 39.8 Å². The lowest BCUT2D eigenvalue weighted by molar-refractivity contribution is 0.723. The third-order valence-corrected chi connectivity index (χ3v) is 2.79. The smallest absolute Gasteiger partial charge is 0.189 e. The van der Waals surface area contributed by atoms with Gasteiger partial charge in [-0.3, -0.25) is 0 Å². The van der Waals surface area contributed by atoms with E-state index >= 15 is 0 Å². The summed E-state index contributed by atoms with van der Waals surface area (Å²) in [5.74, 6) is 0.482. The minimum Gasteiger partial charge on any atom is -0.370 e. The molecule has 0 bridgehead atoms. The molecule has 1 heterocycles. The molecule has 1 rings (SSSR count). The van der Waals surface area contributed by atoms with Crippen LogP contribution in [0.4, 0.5) is 0 Å². The third kappa shape index (κ3) is 5.64. The molecule has 16 heavy (non-hydrogen) atoms. The van der Waals surface area contributed by atoms with Gasteiger partial charge in [0.2, 0.25) is 0 Å². The number of rotatable bonds is 4. The van der Waals surface area contributed by atoms with Crippen molar-refractivity contribution in [3.8, 4) is 0 Å². The van der Waals surface area contributed by atoms with Crippen molar-refractivity contribution in [1.29, 1.82) is 0 Å². The van der Waals surface area contributed by atoms with E-state index < -0.39 is 0 Å². The van der Waals surface area contributed by atoms with Crippen LogP contribution in [0.15, 0.2) is 10.4 Å². The molecule has 6 heteroatoms. The van der Waals surface area contributed by atoms with Crippen LogP contribution in [0.25, 0.3) is 0 Å². The lowest BCUT2D eigenvalue weighted by Crippen LogP contribution is -2.36. The van der Waals surface area contributed by atoms with Crippen molar-refractivity contribution in [2.75, 3.05) is 0 Å². The zero-order chi connectivity index (χ0) is 11.3. The summed E-state index contributed by atoms with van der Waals surface area (Å²) in [6.45, 7) is 6.71. The summed E-state index contributed by atoms with van der Waals surface area (Å²) in [7, 11) is 0. The first-order chi connectivity index (χ1) is 7.11. The maximum absolute atomic E-state index is 5.68. The molecule has 0 atom stereocenters. The Labute approximate surface area is 118 Å². The van der Waals surface area contributed by atoms with Crippen molar-refractivity contribution in [3.05, 3.63) is 16.1 Å². The van der Waals surface area contributed by atoms with Gasteiger partial charge >= 0.3 is 0 Å². The Morgan fingerprint density at radius 2 is 2.31 bits per heavy atom. The maximum Gasteiger partial charge on any atom is 0.189 e. The Hall–Kier alpha value is -0.370. The SMILES string of the molecule is CCc1nc(CN=C(N)NC(C)C)cs1.I. The van der Waals surface area contributed by atoms with Gasteiger partial charge in [-0.25, -0.2) is 9.98 Å². The average molecular weight is 354 g/mol. The molecule has 0 aromatic carbocycles. The van der Waals surface area contributed by atoms with Crippen LogP contribution in [-0.4, -0.2) is 17.0 Å². The lowest BCUT2D eigenvalue weighted by Gasteiger charge is -2.07. The number of aromatic nitrogens is 1. The van der Waals surface area contributed by atoms with Crippen molar-refractivity contribution < 1.29 is 0 Å². The molecule has 0 fully saturated rings. The summed E-state index contributed by atoms with van der Waals surface area (Å²) in [5.41, 5.74) is 6.67. The molecule has 0 saturated carbocycles. The Kier molecular flexibility index (Phi) is 7.65. The number of thiazole rings is 1. The van der Waals surface area contributed by atoms with Crippen LogP contribution >= 0.6 is 35.3 Å². The molecule has 0 aliphatic heterocycles. The van der Waals surface area contributed by atoms with Crippen LogP contribution in [0.1, 0.15) is 31.5 Å². The molecule has 0 unspecified atom stereocenters. The number of aryl methyl sites for hydroxylation is 1. The van der Waals surface area contributed by atoms with Gasteiger partial charge in [-0.1, -0.05) is 6.92 Å². The summed E-state index contributed by atoms with van der Waals surface area (Å²) < 4.78 is 0. The fourth-order valence-electron chi connectivity index (χ4n) is 1.09. The number of nitrogens with two attached hydrogens (primary N) is 1. The number of hydrogen-bond donors (Lipinski definition) is 2. The highest BCUT2D eigenvalue weighted by molar-refractivity contribution is 14.0. The van der Waals surface area contributed by atoms with Gasteiger partial charge in [-0.15, -0.1) is 35.3 Å². The summed E-state index contributed by atoms with van der Waals surface area (Å²) in [4.78, 5) is 8.62. The molecule has 4 nitrogen and oxygen atoms in total. The fraction of sp³-hybridized carbons (Fsp3) is 0.600. The number of guanidine groups is 1. The van der Waals surface area contributed by atoms with Gasteiger partial charge in [0, 0.05) is 11.4 Å². The summed E-state index contributed by atoms with van der Waals surface area (Å²) >= 11 is 1.67. The van der Waals surface area contributed by atoms with Crippen LogP contribution in [0.2, 0.25) is 0 Å². The summed E-state index contributed by atoms with van der Waals surface area (Å²) in [6, 6.07) is 0.315. The summed E-state index contributed by atoms with van der Waals surface area (Å²) in [5, 5.41) is 6.22. The van der Waals surface area contributed by atoms with Crippen molar-refractivity contribution in [3.63, 3.8) is 0 Å². The highest BCUT2D eigenvalue weighted by atomic mass is 127. The van der Waals surface area contributed by atoms with Gasteiger partial charge in [0.25, 0.3) is 0 Å². The largest absolute Gasteiger partial charge is 0.370 e. The minimum absolute atomic E-state index is 0. The molecule has 3 N–H and O–H groups in total. The first kappa shape index (κ1) is 15.6. The quantitative estimate of drug-likeness (QED) is 0.495. The maximum atomic E-state index is 5.68. The predicted molar refractivity (Wildman–Crippen MR) is 80.5 cm³/mol. The van der Waals surface area contributed by atoms with Crippen LogP contribution in [-0.2, 0) is 13.0 Å². The Balaban J connectivity index is 0.00000225. The number of halogens is 1. The third-order valence-electron chi connectivity index (χ3n) is 1.75. The molecular formula is C10H19IN4S. The normalized spacial score (nSPS) is 11.4. The van der Waals surface area contributed by atoms with E-state index in [4.69, 9.17) is 5.73 Å². The first-order valence-electron chi connectivity index (χ1n) is 5.11. The second-order valence-corrected chi connectivity index (χ2v) is 4.53. The van der Waals surface area contributed by atoms with Crippen molar-refractivity contribution >= 4 is 41.3 Å². The molecular weight excluding hydrogens is 335 g/mol. The average Bonchev–Trinajstić information content (AvgIpc) is 2.61. The van der Waals surface area contributed by atoms with Gasteiger partial charge in [-0.2, -0.15) is 0 Å². The van der Waals surface area contributed by atoms with E-state index in [1.807, 2.05) is 19.2 Å². The van der Waals surface area contributed by atoms with Crippen molar-refractivity contribution in [2.24, 2.45) is 10.7 Å². The van der Waals surface area contributed by atoms with Crippen LogP contribution in [0, 0.1) is 0 Å². The van der Waals surface area contributed by atoms with E-state index in [0.717, 1.165) is 17.1 Å². The van der Waals surface area contributed by atoms with E-state index in [-0.39, 0.29) is 24.0 Å². The second kappa shape index (κ2) is 7.83. The number of hydrogen-bond acceptors (Lipinski definition) is 3. The highest BCUT2D eigenvalue weighted by Crippen LogP contribution is 2.10. The second-order valence-electron chi connectivity index (χ2n) is 3.59. The molecule has 1 aromatic rings. The Morgan fingerprint density at radius 3 is 2.81 bits per heavy atom. The number of nitrogens with one attached hydrogen (secondary N) is 1. The number of nitrogens with zero attached hydrogens (tertiary/aromatic N) is 2. The van der Waals surface area contributed by atoms with Gasteiger partial charge in [0.05, 0.1) is 17.2 Å². The first-order valence-corrected chi connectivity index (χ1v) is 5.99. The van der Waals surface area contributed by atoms with Gasteiger partial charge < -0.3 is 11.1 Å². The van der Waals surface area contributed by atoms with E-state index in [1.165, 1.54) is 0 Å². The molecule has 0 amide bonds. The lowest BCUT2D eigenvalue weighted by atomic mass is 10.4. The summed E-state index contributed by atoms with van der Waals surface area (Å²) in [6.07, 6.45) is 0.980. The predicted octanol–water partition coefficient (Wildman–Crippen LogP) is 2.14. The molecule has 0 aliphatic carbocycles. The highest BCUT2D eigenvalue weighted by Gasteiger charge is 2.00. The van der Waals surface area contributed by atoms with Crippen molar-refractivity contribution in [1.82, 2.24) is 10.3 Å². The Bertz CT molecular complexity index is 335. The van der Waals surface area contributed by atoms with E-state index in [9.17, 15) is 0 Å². The molecule has 0 radical (unpaired) electrons. The molecule has 0 saturated heterocycles. The zero-order valence-electron chi connectivity index (χ0n) is 9.86. The monoisotopic (exact) mass is 354 g/mol. The molecule has 92 valence electrons. The topological polar surface area (TPSA) is 63.3 Å². The standard InChI is InChI=1S/C10H18N4S.HI/c1-4-9-14-8(6-15-9)5-12-10(11)13-7(2)3;/h6-7H,4-5H2,1-3H3,(H3,11,12,13);1H. The van der Waals surface area contributed by atoms with Crippen LogP contribution < -0.4 is 11.1 Å². The minimum atomic E-state index is 0. The van der Waals surface area contributed by atoms with Gasteiger partial charge in [-0.05, 0) is 20.3 Å². The molecule has 1 aromatic heterocycles. The fourth-order valence-corrected chi connectivity index (χ4v) is 1.83. The van der Waals surface area contributed by atoms with Crippen LogP contribution in [0.3, 0.4) is 0 Å². The molecule has 0 aliphatic rings. The van der Waals surface area contributed by atoms with E-state index in [1.54, 1.807) is 11.3 Å². The number of aliphatic imine (C=N–C) groups is 1. The van der Waals surface area contributed by atoms with E-state index in [0.29, 0.717) is 18.5 Å². The van der Waals surface area contributed by atoms with E-state index in [2.05, 4.69) is 22.2 Å². The van der Waals surface area contributed by atoms with Gasteiger partial charge in [0.15, 0.2) is 5.96 Å². The Morgan fingerprint density at radius 1 is 1.62 bits per heavy atom. The molecule has 0 spiro atoms. The zero-order valence-corrected chi connectivity index (χ0v) is 13.0.